The van der Waals surface area contributed by atoms with E-state index in [1.165, 1.54) is 0 Å². The molecule has 0 spiro atoms. The lowest BCUT2D eigenvalue weighted by Gasteiger charge is -2.37. The largest absolute Gasteiger partial charge is 0.475 e. The Morgan fingerprint density at radius 1 is 0.975 bits per heavy atom. The van der Waals surface area contributed by atoms with Crippen LogP contribution in [0.1, 0.15) is 42.2 Å². The zero-order valence-corrected chi connectivity index (χ0v) is 23.2. The van der Waals surface area contributed by atoms with Crippen molar-refractivity contribution in [2.24, 2.45) is 5.92 Å². The molecule has 5 heterocycles. The molecule has 1 N–H and O–H groups in total. The average molecular weight is 550 g/mol. The van der Waals surface area contributed by atoms with Gasteiger partial charge in [-0.25, -0.2) is 4.98 Å². The zero-order valence-electron chi connectivity index (χ0n) is 23.2. The Morgan fingerprint density at radius 2 is 1.77 bits per heavy atom. The molecule has 0 unspecified atom stereocenters. The molecule has 0 aliphatic carbocycles. The monoisotopic (exact) mass is 549 g/mol. The zero-order chi connectivity index (χ0) is 27.9. The van der Waals surface area contributed by atoms with Gasteiger partial charge < -0.3 is 24.6 Å². The van der Waals surface area contributed by atoms with E-state index in [2.05, 4.69) is 27.3 Å². The van der Waals surface area contributed by atoms with Gasteiger partial charge >= 0.3 is 0 Å². The summed E-state index contributed by atoms with van der Waals surface area (Å²) in [5.41, 5.74) is 1.40. The van der Waals surface area contributed by atoms with Crippen LogP contribution in [0.25, 0.3) is 0 Å². The number of hydrogen-bond acceptors (Lipinski definition) is 7. The van der Waals surface area contributed by atoms with Crippen LogP contribution in [0.4, 0.5) is 0 Å². The average Bonchev–Trinajstić information content (AvgIpc) is 3.36. The molecule has 6 bridgehead atoms. The van der Waals surface area contributed by atoms with E-state index in [9.17, 15) is 14.4 Å². The third kappa shape index (κ3) is 7.17. The molecule has 10 nitrogen and oxygen atoms in total. The highest BCUT2D eigenvalue weighted by atomic mass is 16.5. The van der Waals surface area contributed by atoms with Gasteiger partial charge in [0.25, 0.3) is 5.91 Å². The van der Waals surface area contributed by atoms with E-state index >= 15 is 0 Å². The van der Waals surface area contributed by atoms with Crippen LogP contribution in [0.5, 0.6) is 5.88 Å². The molecule has 2 saturated heterocycles. The fourth-order valence-electron chi connectivity index (χ4n) is 5.86. The first-order valence-corrected chi connectivity index (χ1v) is 14.3. The van der Waals surface area contributed by atoms with Crippen molar-refractivity contribution in [1.29, 1.82) is 0 Å². The second kappa shape index (κ2) is 13.2. The van der Waals surface area contributed by atoms with Gasteiger partial charge in [-0.15, -0.1) is 0 Å². The Balaban J connectivity index is 1.35. The van der Waals surface area contributed by atoms with E-state index in [4.69, 9.17) is 9.47 Å². The number of piperidine rings is 1. The van der Waals surface area contributed by atoms with Crippen LogP contribution < -0.4 is 10.1 Å². The highest BCUT2D eigenvalue weighted by molar-refractivity contribution is 5.92. The van der Waals surface area contributed by atoms with Gasteiger partial charge in [-0.3, -0.25) is 19.3 Å². The molecular weight excluding hydrogens is 510 g/mol. The topological polar surface area (TPSA) is 104 Å². The van der Waals surface area contributed by atoms with Crippen molar-refractivity contribution in [3.8, 4) is 5.88 Å². The number of carbonyl (C=O) groups excluding carboxylic acids is 3. The smallest absolute Gasteiger partial charge is 0.270 e. The quantitative estimate of drug-likeness (QED) is 0.571. The molecule has 2 atom stereocenters. The second-order valence-corrected chi connectivity index (χ2v) is 10.9. The summed E-state index contributed by atoms with van der Waals surface area (Å²) in [6, 6.07) is 14.7. The number of carbonyl (C=O) groups is 3. The predicted molar refractivity (Wildman–Crippen MR) is 149 cm³/mol. The minimum Gasteiger partial charge on any atom is -0.475 e. The lowest BCUT2D eigenvalue weighted by molar-refractivity contribution is -0.138. The van der Waals surface area contributed by atoms with Gasteiger partial charge in [0.1, 0.15) is 12.3 Å². The van der Waals surface area contributed by atoms with E-state index < -0.39 is 0 Å². The third-order valence-electron chi connectivity index (χ3n) is 8.04. The number of nitrogens with zero attached hydrogens (tertiary/aromatic N) is 4. The van der Waals surface area contributed by atoms with E-state index in [-0.39, 0.29) is 42.1 Å². The Bertz CT molecular complexity index is 1170. The Morgan fingerprint density at radius 3 is 2.55 bits per heavy atom. The van der Waals surface area contributed by atoms with Crippen molar-refractivity contribution in [2.45, 2.75) is 44.8 Å². The molecule has 6 rings (SSSR count). The van der Waals surface area contributed by atoms with Gasteiger partial charge in [-0.1, -0.05) is 36.4 Å². The molecule has 1 aromatic heterocycles. The number of aromatic nitrogens is 1. The van der Waals surface area contributed by atoms with Gasteiger partial charge in [-0.05, 0) is 36.8 Å². The first-order valence-electron chi connectivity index (χ1n) is 14.3. The van der Waals surface area contributed by atoms with Crippen molar-refractivity contribution < 1.29 is 23.9 Å². The van der Waals surface area contributed by atoms with Crippen LogP contribution in [0.2, 0.25) is 0 Å². The lowest BCUT2D eigenvalue weighted by atomic mass is 9.95. The van der Waals surface area contributed by atoms with Crippen molar-refractivity contribution in [1.82, 2.24) is 25.0 Å². The van der Waals surface area contributed by atoms with Crippen LogP contribution in [0, 0.1) is 5.92 Å². The molecule has 4 aliphatic rings. The number of pyridine rings is 1. The molecule has 214 valence electrons. The van der Waals surface area contributed by atoms with Crippen LogP contribution >= 0.6 is 0 Å². The molecule has 10 heteroatoms. The maximum absolute atomic E-state index is 13.8. The van der Waals surface area contributed by atoms with Gasteiger partial charge in [0.2, 0.25) is 17.7 Å². The molecule has 2 aromatic rings. The highest BCUT2D eigenvalue weighted by Crippen LogP contribution is 2.26. The van der Waals surface area contributed by atoms with Gasteiger partial charge in [0.05, 0.1) is 19.3 Å². The summed E-state index contributed by atoms with van der Waals surface area (Å²) in [5.74, 6) is 0.558. The molecule has 1 aromatic carbocycles. The highest BCUT2D eigenvalue weighted by Gasteiger charge is 2.40. The Hall–Kier alpha value is -3.50. The Kier molecular flexibility index (Phi) is 9.28. The van der Waals surface area contributed by atoms with Gasteiger partial charge in [0, 0.05) is 58.3 Å². The summed E-state index contributed by atoms with van der Waals surface area (Å²) in [6.07, 6.45) is 2.26. The number of hydrogen-bond donors (Lipinski definition) is 1. The van der Waals surface area contributed by atoms with Gasteiger partial charge in [-0.2, -0.15) is 0 Å². The molecule has 0 radical (unpaired) electrons. The minimum atomic E-state index is -0.315. The molecule has 0 saturated carbocycles. The summed E-state index contributed by atoms with van der Waals surface area (Å²) >= 11 is 0. The van der Waals surface area contributed by atoms with Crippen molar-refractivity contribution in [3.05, 3.63) is 59.8 Å². The van der Waals surface area contributed by atoms with Crippen LogP contribution in [0.15, 0.2) is 48.5 Å². The van der Waals surface area contributed by atoms with E-state index in [1.807, 2.05) is 28.0 Å². The fourth-order valence-corrected chi connectivity index (χ4v) is 5.86. The number of benzene rings is 1. The van der Waals surface area contributed by atoms with Crippen LogP contribution in [0.3, 0.4) is 0 Å². The number of amides is 3. The number of rotatable bonds is 2. The minimum absolute atomic E-state index is 0.0310. The standard InChI is InChI=1S/C30H39N5O5/c1-22(36)34-14-15-39-16-17-40-28-9-5-8-26(32-28)29(37)31-25-18-27(30(38)33-12-10-24(19-34)11-13-33)35(21-25)20-23-6-3-2-4-7-23/h2-9,24-25,27H,10-21H2,1H3,(H,31,37)/t25-,27+/m1/s1. The lowest BCUT2D eigenvalue weighted by Crippen LogP contribution is -2.49. The number of fused-ring (bicyclic) bond motifs is 10. The fraction of sp³-hybridized carbons (Fsp3) is 0.533. The predicted octanol–water partition coefficient (Wildman–Crippen LogP) is 1.95. The molecular formula is C30H39N5O5. The molecule has 2 fully saturated rings. The van der Waals surface area contributed by atoms with Crippen LogP contribution in [-0.2, 0) is 20.9 Å². The number of ether oxygens (including phenoxy) is 2. The number of likely N-dealkylation sites (tertiary alicyclic amines) is 1. The summed E-state index contributed by atoms with van der Waals surface area (Å²) in [5, 5.41) is 3.11. The first kappa shape index (κ1) is 28.0. The summed E-state index contributed by atoms with van der Waals surface area (Å²) in [7, 11) is 0. The van der Waals surface area contributed by atoms with E-state index in [0.29, 0.717) is 70.7 Å². The maximum Gasteiger partial charge on any atom is 0.270 e. The molecule has 4 aliphatic heterocycles. The Labute approximate surface area is 235 Å². The van der Waals surface area contributed by atoms with Crippen LogP contribution in [-0.4, -0.2) is 102 Å². The van der Waals surface area contributed by atoms with E-state index in [1.54, 1.807) is 25.1 Å². The van der Waals surface area contributed by atoms with Crippen molar-refractivity contribution >= 4 is 17.7 Å². The first-order chi connectivity index (χ1) is 19.5. The summed E-state index contributed by atoms with van der Waals surface area (Å²) < 4.78 is 11.4. The third-order valence-corrected chi connectivity index (χ3v) is 8.04. The summed E-state index contributed by atoms with van der Waals surface area (Å²) in [4.78, 5) is 49.6. The normalized spacial score (nSPS) is 25.2. The maximum atomic E-state index is 13.8. The summed E-state index contributed by atoms with van der Waals surface area (Å²) in [6.45, 7) is 6.39. The molecule has 3 amide bonds. The number of nitrogens with one attached hydrogen (secondary N) is 1. The second-order valence-electron chi connectivity index (χ2n) is 10.9. The SMILES string of the molecule is CC(=O)N1CCOCCOc2cccc(n2)C(=O)N[C@@H]2C[C@@H](C(=O)N3CCC(CC3)C1)N(Cc1ccccc1)C2. The van der Waals surface area contributed by atoms with Gasteiger partial charge in [0.15, 0.2) is 0 Å². The van der Waals surface area contributed by atoms with Crippen molar-refractivity contribution in [2.75, 3.05) is 52.5 Å². The van der Waals surface area contributed by atoms with Crippen molar-refractivity contribution in [3.63, 3.8) is 0 Å². The molecule has 40 heavy (non-hydrogen) atoms. The van der Waals surface area contributed by atoms with E-state index in [0.717, 1.165) is 18.4 Å².